The molecule has 1 aliphatic rings. The number of ketones is 1. The summed E-state index contributed by atoms with van der Waals surface area (Å²) in [5, 5.41) is 11.4. The van der Waals surface area contributed by atoms with Gasteiger partial charge in [0, 0.05) is 17.8 Å². The van der Waals surface area contributed by atoms with Crippen LogP contribution in [0.5, 0.6) is 0 Å². The Labute approximate surface area is 121 Å². The van der Waals surface area contributed by atoms with Crippen molar-refractivity contribution in [3.63, 3.8) is 0 Å². The van der Waals surface area contributed by atoms with Gasteiger partial charge in [0.15, 0.2) is 5.78 Å². The summed E-state index contributed by atoms with van der Waals surface area (Å²) < 4.78 is 1.66. The number of para-hydroxylation sites is 1. The molecule has 0 fully saturated rings. The van der Waals surface area contributed by atoms with Crippen molar-refractivity contribution in [2.75, 3.05) is 11.9 Å². The number of fused-ring (bicyclic) bond motifs is 2. The lowest BCUT2D eigenvalue weighted by Gasteiger charge is -2.05. The number of Topliss-reactive ketones (excluding diaryl/α,β-unsaturated/α-hetero) is 1. The average Bonchev–Trinajstić information content (AvgIpc) is 3.13. The van der Waals surface area contributed by atoms with Crippen LogP contribution in [0.4, 0.5) is 5.69 Å². The van der Waals surface area contributed by atoms with E-state index in [1.165, 1.54) is 5.56 Å². The second kappa shape index (κ2) is 4.70. The molecule has 0 saturated heterocycles. The third kappa shape index (κ3) is 2.07. The van der Waals surface area contributed by atoms with Crippen molar-refractivity contribution in [2.24, 2.45) is 0 Å². The lowest BCUT2D eigenvalue weighted by atomic mass is 10.1. The molecule has 5 heteroatoms. The molecule has 4 rings (SSSR count). The molecular formula is C16H14N4O. The van der Waals surface area contributed by atoms with Crippen LogP contribution in [0.15, 0.2) is 42.5 Å². The van der Waals surface area contributed by atoms with E-state index in [9.17, 15) is 4.79 Å². The van der Waals surface area contributed by atoms with E-state index >= 15 is 0 Å². The number of carbonyl (C=O) groups excluding carboxylic acids is 1. The van der Waals surface area contributed by atoms with Crippen LogP contribution in [0.1, 0.15) is 15.9 Å². The summed E-state index contributed by atoms with van der Waals surface area (Å²) in [6.07, 6.45) is 0.975. The summed E-state index contributed by atoms with van der Waals surface area (Å²) in [5.41, 5.74) is 4.77. The number of hydrogen-bond acceptors (Lipinski definition) is 4. The number of anilines is 1. The van der Waals surface area contributed by atoms with Crippen LogP contribution in [0.25, 0.3) is 11.0 Å². The number of rotatable bonds is 3. The molecule has 0 atom stereocenters. The van der Waals surface area contributed by atoms with Crippen LogP contribution in [-0.2, 0) is 13.0 Å². The van der Waals surface area contributed by atoms with Gasteiger partial charge in [-0.25, -0.2) is 4.68 Å². The Hall–Kier alpha value is -2.69. The molecule has 2 heterocycles. The number of benzene rings is 2. The Bertz CT molecular complexity index is 837. The number of nitrogens with zero attached hydrogens (tertiary/aromatic N) is 3. The predicted octanol–water partition coefficient (Wildman–Crippen LogP) is 2.28. The van der Waals surface area contributed by atoms with E-state index in [4.69, 9.17) is 0 Å². The highest BCUT2D eigenvalue weighted by atomic mass is 16.1. The van der Waals surface area contributed by atoms with Crippen molar-refractivity contribution in [3.05, 3.63) is 53.6 Å². The molecule has 3 aromatic rings. The van der Waals surface area contributed by atoms with E-state index in [1.54, 1.807) is 4.68 Å². The molecular weight excluding hydrogens is 264 g/mol. The lowest BCUT2D eigenvalue weighted by Crippen LogP contribution is -2.12. The van der Waals surface area contributed by atoms with Gasteiger partial charge in [0.2, 0.25) is 0 Å². The van der Waals surface area contributed by atoms with Gasteiger partial charge in [0.05, 0.1) is 5.52 Å². The quantitative estimate of drug-likeness (QED) is 0.747. The summed E-state index contributed by atoms with van der Waals surface area (Å²) in [6, 6.07) is 13.5. The first kappa shape index (κ1) is 12.1. The van der Waals surface area contributed by atoms with E-state index in [0.717, 1.165) is 35.2 Å². The molecule has 21 heavy (non-hydrogen) atoms. The minimum Gasteiger partial charge on any atom is -0.384 e. The first-order valence-electron chi connectivity index (χ1n) is 6.99. The first-order valence-corrected chi connectivity index (χ1v) is 6.99. The zero-order valence-corrected chi connectivity index (χ0v) is 11.4. The van der Waals surface area contributed by atoms with Gasteiger partial charge in [-0.05, 0) is 42.3 Å². The van der Waals surface area contributed by atoms with E-state index < -0.39 is 0 Å². The normalized spacial score (nSPS) is 13.1. The van der Waals surface area contributed by atoms with Crippen LogP contribution >= 0.6 is 0 Å². The SMILES string of the molecule is O=C(Cn1nnc2ccccc21)c1ccc2c(c1)CCN2. The van der Waals surface area contributed by atoms with Gasteiger partial charge in [0.25, 0.3) is 0 Å². The second-order valence-electron chi connectivity index (χ2n) is 5.21. The third-order valence-electron chi connectivity index (χ3n) is 3.85. The summed E-state index contributed by atoms with van der Waals surface area (Å²) in [7, 11) is 0. The van der Waals surface area contributed by atoms with Crippen LogP contribution in [0.2, 0.25) is 0 Å². The Morgan fingerprint density at radius 1 is 1.24 bits per heavy atom. The average molecular weight is 278 g/mol. The molecule has 1 N–H and O–H groups in total. The fraction of sp³-hybridized carbons (Fsp3) is 0.188. The topological polar surface area (TPSA) is 59.8 Å². The maximum Gasteiger partial charge on any atom is 0.184 e. The fourth-order valence-corrected chi connectivity index (χ4v) is 2.74. The minimum absolute atomic E-state index is 0.0559. The molecule has 1 aliphatic heterocycles. The van der Waals surface area contributed by atoms with E-state index in [1.807, 2.05) is 42.5 Å². The maximum absolute atomic E-state index is 12.4. The number of nitrogens with one attached hydrogen (secondary N) is 1. The monoisotopic (exact) mass is 278 g/mol. The Balaban J connectivity index is 1.63. The standard InChI is InChI=1S/C16H14N4O/c21-16(12-5-6-13-11(9-12)7-8-17-13)10-20-15-4-2-1-3-14(15)18-19-20/h1-6,9,17H,7-8,10H2. The molecule has 0 spiro atoms. The summed E-state index contributed by atoms with van der Waals surface area (Å²) in [5.74, 6) is 0.0559. The molecule has 0 aliphatic carbocycles. The smallest absolute Gasteiger partial charge is 0.184 e. The van der Waals surface area contributed by atoms with Crippen molar-refractivity contribution >= 4 is 22.5 Å². The zero-order chi connectivity index (χ0) is 14.2. The Kier molecular flexibility index (Phi) is 2.70. The van der Waals surface area contributed by atoms with Gasteiger partial charge in [-0.2, -0.15) is 0 Å². The van der Waals surface area contributed by atoms with E-state index in [-0.39, 0.29) is 12.3 Å². The van der Waals surface area contributed by atoms with Crippen molar-refractivity contribution in [2.45, 2.75) is 13.0 Å². The highest BCUT2D eigenvalue weighted by Crippen LogP contribution is 2.23. The Morgan fingerprint density at radius 3 is 3.10 bits per heavy atom. The molecule has 0 amide bonds. The lowest BCUT2D eigenvalue weighted by molar-refractivity contribution is 0.0968. The van der Waals surface area contributed by atoms with Gasteiger partial charge >= 0.3 is 0 Å². The summed E-state index contributed by atoms with van der Waals surface area (Å²) in [4.78, 5) is 12.4. The number of aromatic nitrogens is 3. The van der Waals surface area contributed by atoms with E-state index in [0.29, 0.717) is 0 Å². The van der Waals surface area contributed by atoms with Crippen LogP contribution in [-0.4, -0.2) is 27.3 Å². The van der Waals surface area contributed by atoms with Crippen molar-refractivity contribution in [1.82, 2.24) is 15.0 Å². The van der Waals surface area contributed by atoms with Crippen molar-refractivity contribution in [3.8, 4) is 0 Å². The summed E-state index contributed by atoms with van der Waals surface area (Å²) >= 11 is 0. The minimum atomic E-state index is 0.0559. The molecule has 5 nitrogen and oxygen atoms in total. The molecule has 2 aromatic carbocycles. The van der Waals surface area contributed by atoms with Gasteiger partial charge in [-0.15, -0.1) is 5.10 Å². The highest BCUT2D eigenvalue weighted by Gasteiger charge is 2.15. The molecule has 0 unspecified atom stereocenters. The Morgan fingerprint density at radius 2 is 2.14 bits per heavy atom. The number of hydrogen-bond donors (Lipinski definition) is 1. The highest BCUT2D eigenvalue weighted by molar-refractivity contribution is 5.97. The molecule has 0 saturated carbocycles. The number of carbonyl (C=O) groups is 1. The van der Waals surface area contributed by atoms with Gasteiger partial charge in [-0.3, -0.25) is 4.79 Å². The van der Waals surface area contributed by atoms with Crippen LogP contribution < -0.4 is 5.32 Å². The molecule has 0 radical (unpaired) electrons. The van der Waals surface area contributed by atoms with E-state index in [2.05, 4.69) is 15.6 Å². The van der Waals surface area contributed by atoms with Crippen molar-refractivity contribution in [1.29, 1.82) is 0 Å². The third-order valence-corrected chi connectivity index (χ3v) is 3.85. The fourth-order valence-electron chi connectivity index (χ4n) is 2.74. The molecule has 1 aromatic heterocycles. The maximum atomic E-state index is 12.4. The molecule has 104 valence electrons. The molecule has 0 bridgehead atoms. The first-order chi connectivity index (χ1) is 10.3. The van der Waals surface area contributed by atoms with Crippen molar-refractivity contribution < 1.29 is 4.79 Å². The van der Waals surface area contributed by atoms with Gasteiger partial charge in [-0.1, -0.05) is 17.3 Å². The van der Waals surface area contributed by atoms with Gasteiger partial charge < -0.3 is 5.32 Å². The van der Waals surface area contributed by atoms with Crippen LogP contribution in [0, 0.1) is 0 Å². The zero-order valence-electron chi connectivity index (χ0n) is 11.4. The predicted molar refractivity (Wildman–Crippen MR) is 80.5 cm³/mol. The van der Waals surface area contributed by atoms with Gasteiger partial charge in [0.1, 0.15) is 12.1 Å². The largest absolute Gasteiger partial charge is 0.384 e. The second-order valence-corrected chi connectivity index (χ2v) is 5.21. The summed E-state index contributed by atoms with van der Waals surface area (Å²) in [6.45, 7) is 1.16. The van der Waals surface area contributed by atoms with Crippen LogP contribution in [0.3, 0.4) is 0 Å².